The number of carbonyl (C=O) groups is 1. The van der Waals surface area contributed by atoms with Crippen molar-refractivity contribution >= 4 is 11.8 Å². The number of likely N-dealkylation sites (tertiary alicyclic amines) is 1. The summed E-state index contributed by atoms with van der Waals surface area (Å²) in [5, 5.41) is 3.60. The highest BCUT2D eigenvalue weighted by molar-refractivity contribution is 5.68. The van der Waals surface area contributed by atoms with E-state index >= 15 is 0 Å². The van der Waals surface area contributed by atoms with Crippen LogP contribution in [0.15, 0.2) is 18.3 Å². The number of hydrogen-bond acceptors (Lipinski definition) is 5. The Bertz CT molecular complexity index is 618. The van der Waals surface area contributed by atoms with Gasteiger partial charge in [0.15, 0.2) is 0 Å². The Morgan fingerprint density at radius 1 is 1.21 bits per heavy atom. The predicted molar refractivity (Wildman–Crippen MR) is 118 cm³/mol. The Balaban J connectivity index is 1.42. The van der Waals surface area contributed by atoms with E-state index in [4.69, 9.17) is 4.74 Å². The van der Waals surface area contributed by atoms with E-state index in [1.807, 2.05) is 6.20 Å². The lowest BCUT2D eigenvalue weighted by molar-refractivity contribution is -0.140. The second-order valence-corrected chi connectivity index (χ2v) is 9.22. The van der Waals surface area contributed by atoms with Crippen LogP contribution < -0.4 is 5.32 Å². The molecule has 5 nitrogen and oxygen atoms in total. The van der Waals surface area contributed by atoms with E-state index < -0.39 is 0 Å². The molecule has 162 valence electrons. The molecule has 5 heteroatoms. The van der Waals surface area contributed by atoms with E-state index in [2.05, 4.69) is 34.3 Å². The van der Waals surface area contributed by atoms with Crippen molar-refractivity contribution in [1.82, 2.24) is 9.88 Å². The number of nitrogens with zero attached hydrogens (tertiary/aromatic N) is 2. The normalized spacial score (nSPS) is 20.3. The van der Waals surface area contributed by atoms with Crippen molar-refractivity contribution in [2.45, 2.75) is 83.6 Å². The van der Waals surface area contributed by atoms with Gasteiger partial charge in [0, 0.05) is 31.7 Å². The first kappa shape index (κ1) is 22.1. The van der Waals surface area contributed by atoms with Gasteiger partial charge in [0.2, 0.25) is 0 Å². The molecule has 29 heavy (non-hydrogen) atoms. The summed E-state index contributed by atoms with van der Waals surface area (Å²) in [6, 6.07) is 4.74. The quantitative estimate of drug-likeness (QED) is 0.593. The first-order valence-electron chi connectivity index (χ1n) is 11.6. The van der Waals surface area contributed by atoms with Crippen molar-refractivity contribution in [3.05, 3.63) is 23.9 Å². The van der Waals surface area contributed by atoms with Crippen molar-refractivity contribution in [3.8, 4) is 0 Å². The third kappa shape index (κ3) is 6.98. The highest BCUT2D eigenvalue weighted by Gasteiger charge is 2.32. The molecule has 1 aromatic heterocycles. The number of nitrogens with one attached hydrogen (secondary N) is 1. The summed E-state index contributed by atoms with van der Waals surface area (Å²) in [4.78, 5) is 18.6. The summed E-state index contributed by atoms with van der Waals surface area (Å²) in [5.41, 5.74) is 1.65. The number of piperidine rings is 1. The largest absolute Gasteiger partial charge is 0.469 e. The highest BCUT2D eigenvalue weighted by atomic mass is 16.5. The molecule has 0 amide bonds. The van der Waals surface area contributed by atoms with E-state index in [0.29, 0.717) is 17.9 Å². The summed E-state index contributed by atoms with van der Waals surface area (Å²) in [5.74, 6) is 0.939. The SMILES string of the molecule is COC(=O)CCCC1(CCN2CCC(Nc3ccc(C)cn3)CC2)CCCCC1. The topological polar surface area (TPSA) is 54.5 Å². The zero-order valence-electron chi connectivity index (χ0n) is 18.4. The van der Waals surface area contributed by atoms with Gasteiger partial charge in [-0.2, -0.15) is 0 Å². The van der Waals surface area contributed by atoms with Crippen LogP contribution in [0, 0.1) is 12.3 Å². The van der Waals surface area contributed by atoms with E-state index in [9.17, 15) is 4.79 Å². The lowest BCUT2D eigenvalue weighted by Gasteiger charge is -2.40. The molecule has 1 aromatic rings. The Labute approximate surface area is 176 Å². The zero-order chi connectivity index (χ0) is 20.5. The molecule has 0 aromatic carbocycles. The number of pyridine rings is 1. The predicted octanol–water partition coefficient (Wildman–Crippen LogP) is 4.95. The number of hydrogen-bond donors (Lipinski definition) is 1. The summed E-state index contributed by atoms with van der Waals surface area (Å²) in [7, 11) is 1.49. The fourth-order valence-corrected chi connectivity index (χ4v) is 5.10. The number of rotatable bonds is 9. The van der Waals surface area contributed by atoms with Crippen molar-refractivity contribution < 1.29 is 9.53 Å². The van der Waals surface area contributed by atoms with Gasteiger partial charge in [-0.25, -0.2) is 4.98 Å². The third-order valence-corrected chi connectivity index (χ3v) is 7.04. The van der Waals surface area contributed by atoms with Crippen LogP contribution >= 0.6 is 0 Å². The van der Waals surface area contributed by atoms with E-state index in [-0.39, 0.29) is 5.97 Å². The maximum absolute atomic E-state index is 11.5. The van der Waals surface area contributed by atoms with E-state index in [0.717, 1.165) is 12.2 Å². The van der Waals surface area contributed by atoms with Crippen molar-refractivity contribution in [1.29, 1.82) is 0 Å². The van der Waals surface area contributed by atoms with Crippen LogP contribution in [0.4, 0.5) is 5.82 Å². The molecule has 2 aliphatic rings. The average molecular weight is 402 g/mol. The van der Waals surface area contributed by atoms with Crippen LogP contribution in [0.2, 0.25) is 0 Å². The van der Waals surface area contributed by atoms with Crippen LogP contribution in [-0.2, 0) is 9.53 Å². The van der Waals surface area contributed by atoms with Gasteiger partial charge < -0.3 is 15.0 Å². The second kappa shape index (κ2) is 11.0. The molecule has 0 spiro atoms. The maximum Gasteiger partial charge on any atom is 0.305 e. The molecule has 0 atom stereocenters. The average Bonchev–Trinajstić information content (AvgIpc) is 2.75. The summed E-state index contributed by atoms with van der Waals surface area (Å²) in [6.45, 7) is 5.61. The van der Waals surface area contributed by atoms with Crippen LogP contribution in [-0.4, -0.2) is 48.6 Å². The smallest absolute Gasteiger partial charge is 0.305 e. The van der Waals surface area contributed by atoms with Crippen LogP contribution in [0.3, 0.4) is 0 Å². The molecule has 1 saturated heterocycles. The van der Waals surface area contributed by atoms with Crippen molar-refractivity contribution in [2.24, 2.45) is 5.41 Å². The molecular weight excluding hydrogens is 362 g/mol. The van der Waals surface area contributed by atoms with Gasteiger partial charge in [0.25, 0.3) is 0 Å². The van der Waals surface area contributed by atoms with Gasteiger partial charge in [-0.3, -0.25) is 4.79 Å². The molecule has 1 aliphatic carbocycles. The lowest BCUT2D eigenvalue weighted by Crippen LogP contribution is -2.41. The molecule has 0 bridgehead atoms. The van der Waals surface area contributed by atoms with E-state index in [1.54, 1.807) is 0 Å². The molecule has 2 fully saturated rings. The lowest BCUT2D eigenvalue weighted by atomic mass is 9.68. The molecular formula is C24H39N3O2. The number of ether oxygens (including phenoxy) is 1. The minimum atomic E-state index is -0.0615. The van der Waals surface area contributed by atoms with Gasteiger partial charge >= 0.3 is 5.97 Å². The van der Waals surface area contributed by atoms with Crippen molar-refractivity contribution in [3.63, 3.8) is 0 Å². The van der Waals surface area contributed by atoms with Gasteiger partial charge in [-0.1, -0.05) is 25.3 Å². The van der Waals surface area contributed by atoms with Gasteiger partial charge in [0.1, 0.15) is 5.82 Å². The minimum absolute atomic E-state index is 0.0615. The molecule has 0 radical (unpaired) electrons. The highest BCUT2D eigenvalue weighted by Crippen LogP contribution is 2.43. The molecule has 0 unspecified atom stereocenters. The fraction of sp³-hybridized carbons (Fsp3) is 0.750. The Morgan fingerprint density at radius 2 is 1.97 bits per heavy atom. The third-order valence-electron chi connectivity index (χ3n) is 7.04. The standard InChI is InChI=1S/C24H39N3O2/c1-20-8-9-22(25-19-20)26-21-10-16-27(17-11-21)18-15-24(12-4-3-5-13-24)14-6-7-23(28)29-2/h8-9,19,21H,3-7,10-18H2,1-2H3,(H,25,26). The Hall–Kier alpha value is -1.62. The van der Waals surface area contributed by atoms with Gasteiger partial charge in [-0.05, 0) is 75.5 Å². The summed E-state index contributed by atoms with van der Waals surface area (Å²) < 4.78 is 4.83. The number of aromatic nitrogens is 1. The number of carbonyl (C=O) groups excluding carboxylic acids is 1. The van der Waals surface area contributed by atoms with Crippen molar-refractivity contribution in [2.75, 3.05) is 32.1 Å². The van der Waals surface area contributed by atoms with Gasteiger partial charge in [-0.15, -0.1) is 0 Å². The monoisotopic (exact) mass is 401 g/mol. The summed E-state index contributed by atoms with van der Waals surface area (Å²) in [6.07, 6.45) is 15.1. The molecule has 3 rings (SSSR count). The van der Waals surface area contributed by atoms with Gasteiger partial charge in [0.05, 0.1) is 7.11 Å². The Kier molecular flexibility index (Phi) is 8.34. The molecule has 1 saturated carbocycles. The zero-order valence-corrected chi connectivity index (χ0v) is 18.4. The second-order valence-electron chi connectivity index (χ2n) is 9.22. The number of anilines is 1. The molecule has 1 aliphatic heterocycles. The first-order valence-corrected chi connectivity index (χ1v) is 11.6. The van der Waals surface area contributed by atoms with E-state index in [1.165, 1.54) is 90.1 Å². The Morgan fingerprint density at radius 3 is 2.62 bits per heavy atom. The van der Waals surface area contributed by atoms with Crippen LogP contribution in [0.25, 0.3) is 0 Å². The molecule has 2 heterocycles. The molecule has 1 N–H and O–H groups in total. The van der Waals surface area contributed by atoms with Crippen LogP contribution in [0.5, 0.6) is 0 Å². The number of methoxy groups -OCH3 is 1. The minimum Gasteiger partial charge on any atom is -0.469 e. The maximum atomic E-state index is 11.5. The number of aryl methyl sites for hydroxylation is 1. The first-order chi connectivity index (χ1) is 14.1. The fourth-order valence-electron chi connectivity index (χ4n) is 5.10. The summed E-state index contributed by atoms with van der Waals surface area (Å²) >= 11 is 0. The number of esters is 1. The van der Waals surface area contributed by atoms with Crippen LogP contribution in [0.1, 0.15) is 76.2 Å².